The van der Waals surface area contributed by atoms with Gasteiger partial charge in [0.1, 0.15) is 12.7 Å². The topological polar surface area (TPSA) is 147 Å². The van der Waals surface area contributed by atoms with Gasteiger partial charge in [0.25, 0.3) is 0 Å². The number of aliphatic carboxylic acids is 3. The molecule has 25 heavy (non-hydrogen) atoms. The van der Waals surface area contributed by atoms with Crippen molar-refractivity contribution in [3.63, 3.8) is 0 Å². The Bertz CT molecular complexity index is 577. The van der Waals surface area contributed by atoms with Gasteiger partial charge >= 0.3 is 23.9 Å². The number of hydrogen-bond donors (Lipinski definition) is 3. The standard InChI is InChI=1S/C16H20O9/c1-3-12-10(5-15(20)21)9(4-14(18)19)11(6-16(22)23)13(25-12)7-24-8(2)17/h1,9-13H,4-7H2,2H3,(H,18,19)(H,20,21)(H,22,23)/t9-,10+,11-,12?,13+/m1/s1. The minimum absolute atomic E-state index is 0.290. The molecule has 1 rings (SSSR count). The van der Waals surface area contributed by atoms with Gasteiger partial charge in [0.05, 0.1) is 18.9 Å². The van der Waals surface area contributed by atoms with Crippen molar-refractivity contribution in [1.82, 2.24) is 0 Å². The van der Waals surface area contributed by atoms with Crippen LogP contribution in [0, 0.1) is 30.1 Å². The smallest absolute Gasteiger partial charge is 0.303 e. The molecule has 5 atom stereocenters. The molecular weight excluding hydrogens is 336 g/mol. The Balaban J connectivity index is 3.21. The third-order valence-electron chi connectivity index (χ3n) is 4.13. The number of carbonyl (C=O) groups is 4. The van der Waals surface area contributed by atoms with Gasteiger partial charge < -0.3 is 24.8 Å². The van der Waals surface area contributed by atoms with E-state index in [1.165, 1.54) is 0 Å². The molecule has 1 heterocycles. The summed E-state index contributed by atoms with van der Waals surface area (Å²) in [6, 6.07) is 0. The Morgan fingerprint density at radius 3 is 1.88 bits per heavy atom. The summed E-state index contributed by atoms with van der Waals surface area (Å²) in [7, 11) is 0. The Labute approximate surface area is 143 Å². The summed E-state index contributed by atoms with van der Waals surface area (Å²) in [6.45, 7) is 0.872. The molecule has 0 aromatic rings. The van der Waals surface area contributed by atoms with Crippen molar-refractivity contribution in [2.45, 2.75) is 38.4 Å². The third-order valence-corrected chi connectivity index (χ3v) is 4.13. The van der Waals surface area contributed by atoms with Crippen molar-refractivity contribution in [3.05, 3.63) is 0 Å². The van der Waals surface area contributed by atoms with Crippen LogP contribution in [0.3, 0.4) is 0 Å². The molecule has 138 valence electrons. The first kappa shape index (κ1) is 20.4. The average Bonchev–Trinajstić information content (AvgIpc) is 2.48. The zero-order chi connectivity index (χ0) is 19.1. The highest BCUT2D eigenvalue weighted by Gasteiger charge is 2.47. The molecule has 0 bridgehead atoms. The van der Waals surface area contributed by atoms with Crippen molar-refractivity contribution in [1.29, 1.82) is 0 Å². The van der Waals surface area contributed by atoms with Gasteiger partial charge in [-0.05, 0) is 5.92 Å². The van der Waals surface area contributed by atoms with Crippen molar-refractivity contribution < 1.29 is 44.0 Å². The van der Waals surface area contributed by atoms with Crippen molar-refractivity contribution in [3.8, 4) is 12.3 Å². The van der Waals surface area contributed by atoms with Crippen LogP contribution >= 0.6 is 0 Å². The molecule has 0 amide bonds. The average molecular weight is 356 g/mol. The van der Waals surface area contributed by atoms with E-state index >= 15 is 0 Å². The van der Waals surface area contributed by atoms with Crippen LogP contribution < -0.4 is 0 Å². The van der Waals surface area contributed by atoms with E-state index in [1.54, 1.807) is 0 Å². The highest BCUT2D eigenvalue weighted by atomic mass is 16.6. The van der Waals surface area contributed by atoms with Crippen LogP contribution in [-0.2, 0) is 28.7 Å². The zero-order valence-corrected chi connectivity index (χ0v) is 13.6. The number of carbonyl (C=O) groups excluding carboxylic acids is 1. The fraction of sp³-hybridized carbons (Fsp3) is 0.625. The SMILES string of the molecule is C#CC1O[C@@H](COC(C)=O)[C@H](CC(=O)O)[C@H](CC(=O)O)[C@@H]1CC(=O)O. The predicted octanol–water partition coefficient (Wildman–Crippen LogP) is 0.223. The fourth-order valence-corrected chi connectivity index (χ4v) is 3.18. The molecule has 1 unspecified atom stereocenters. The molecule has 0 aromatic carbocycles. The number of ether oxygens (including phenoxy) is 2. The summed E-state index contributed by atoms with van der Waals surface area (Å²) in [5, 5.41) is 27.4. The van der Waals surface area contributed by atoms with E-state index in [9.17, 15) is 19.2 Å². The summed E-state index contributed by atoms with van der Waals surface area (Å²) < 4.78 is 10.5. The predicted molar refractivity (Wildman–Crippen MR) is 81.4 cm³/mol. The molecule has 0 radical (unpaired) electrons. The largest absolute Gasteiger partial charge is 0.481 e. The number of terminal acetylenes is 1. The number of esters is 1. The molecule has 0 aliphatic carbocycles. The van der Waals surface area contributed by atoms with E-state index in [1.807, 2.05) is 0 Å². The number of carboxylic acids is 3. The van der Waals surface area contributed by atoms with E-state index in [-0.39, 0.29) is 6.61 Å². The van der Waals surface area contributed by atoms with Gasteiger partial charge in [-0.25, -0.2) is 0 Å². The highest BCUT2D eigenvalue weighted by Crippen LogP contribution is 2.41. The second kappa shape index (κ2) is 9.03. The van der Waals surface area contributed by atoms with Crippen molar-refractivity contribution in [2.75, 3.05) is 6.61 Å². The van der Waals surface area contributed by atoms with Gasteiger partial charge in [0.2, 0.25) is 0 Å². The normalized spacial score (nSPS) is 28.6. The maximum Gasteiger partial charge on any atom is 0.303 e. The van der Waals surface area contributed by atoms with Gasteiger partial charge in [0, 0.05) is 25.2 Å². The zero-order valence-electron chi connectivity index (χ0n) is 13.6. The van der Waals surface area contributed by atoms with Crippen LogP contribution in [0.4, 0.5) is 0 Å². The second-order valence-electron chi connectivity index (χ2n) is 5.85. The molecule has 3 N–H and O–H groups in total. The summed E-state index contributed by atoms with van der Waals surface area (Å²) in [5.41, 5.74) is 0. The molecule has 1 fully saturated rings. The van der Waals surface area contributed by atoms with Crippen LogP contribution in [0.1, 0.15) is 26.2 Å². The van der Waals surface area contributed by atoms with Gasteiger partial charge in [-0.3, -0.25) is 19.2 Å². The Kier molecular flexibility index (Phi) is 7.39. The van der Waals surface area contributed by atoms with E-state index in [4.69, 9.17) is 31.2 Å². The molecule has 1 aliphatic heterocycles. The summed E-state index contributed by atoms with van der Waals surface area (Å²) >= 11 is 0. The number of hydrogen-bond acceptors (Lipinski definition) is 6. The maximum atomic E-state index is 11.2. The quantitative estimate of drug-likeness (QED) is 0.410. The van der Waals surface area contributed by atoms with E-state index in [0.29, 0.717) is 0 Å². The molecule has 1 saturated heterocycles. The first-order valence-corrected chi connectivity index (χ1v) is 7.56. The van der Waals surface area contributed by atoms with Crippen molar-refractivity contribution in [2.24, 2.45) is 17.8 Å². The van der Waals surface area contributed by atoms with Crippen LogP contribution in [0.5, 0.6) is 0 Å². The fourth-order valence-electron chi connectivity index (χ4n) is 3.18. The Hall–Kier alpha value is -2.60. The summed E-state index contributed by atoms with van der Waals surface area (Å²) in [4.78, 5) is 44.6. The van der Waals surface area contributed by atoms with Crippen molar-refractivity contribution >= 4 is 23.9 Å². The second-order valence-corrected chi connectivity index (χ2v) is 5.85. The third kappa shape index (κ3) is 6.08. The molecule has 0 aromatic heterocycles. The Morgan fingerprint density at radius 1 is 0.960 bits per heavy atom. The first-order chi connectivity index (χ1) is 11.6. The molecule has 0 saturated carbocycles. The van der Waals surface area contributed by atoms with Crippen LogP contribution in [-0.4, -0.2) is 58.0 Å². The first-order valence-electron chi connectivity index (χ1n) is 7.56. The van der Waals surface area contributed by atoms with Gasteiger partial charge in [-0.15, -0.1) is 6.42 Å². The minimum Gasteiger partial charge on any atom is -0.481 e. The lowest BCUT2D eigenvalue weighted by atomic mass is 9.69. The number of rotatable bonds is 8. The molecular formula is C16H20O9. The van der Waals surface area contributed by atoms with Crippen LogP contribution in [0.15, 0.2) is 0 Å². The van der Waals surface area contributed by atoms with E-state index in [0.717, 1.165) is 6.92 Å². The molecule has 9 nitrogen and oxygen atoms in total. The summed E-state index contributed by atoms with van der Waals surface area (Å²) in [5.74, 6) is -4.51. The van der Waals surface area contributed by atoms with Crippen LogP contribution in [0.25, 0.3) is 0 Å². The van der Waals surface area contributed by atoms with Gasteiger partial charge in [0.15, 0.2) is 0 Å². The minimum atomic E-state index is -1.21. The maximum absolute atomic E-state index is 11.2. The lowest BCUT2D eigenvalue weighted by molar-refractivity contribution is -0.177. The molecule has 0 spiro atoms. The lowest BCUT2D eigenvalue weighted by Crippen LogP contribution is -2.51. The van der Waals surface area contributed by atoms with E-state index in [2.05, 4.69) is 5.92 Å². The molecule has 9 heteroatoms. The summed E-state index contributed by atoms with van der Waals surface area (Å²) in [6.07, 6.45) is 2.05. The lowest BCUT2D eigenvalue weighted by Gasteiger charge is -2.44. The highest BCUT2D eigenvalue weighted by molar-refractivity contribution is 5.70. The Morgan fingerprint density at radius 2 is 1.44 bits per heavy atom. The molecule has 1 aliphatic rings. The van der Waals surface area contributed by atoms with Crippen LogP contribution in [0.2, 0.25) is 0 Å². The van der Waals surface area contributed by atoms with Gasteiger partial charge in [-0.1, -0.05) is 5.92 Å². The van der Waals surface area contributed by atoms with Gasteiger partial charge in [-0.2, -0.15) is 0 Å². The van der Waals surface area contributed by atoms with E-state index < -0.39 is 73.1 Å². The number of carboxylic acid groups (broad SMARTS) is 3. The monoisotopic (exact) mass is 356 g/mol.